The SMILES string of the molecule is CCC(C)(NC(=O)NC1Cc2ccccc2C1)C(=O)O. The predicted molar refractivity (Wildman–Crippen MR) is 75.6 cm³/mol. The smallest absolute Gasteiger partial charge is 0.329 e. The lowest BCUT2D eigenvalue weighted by atomic mass is 10.00. The summed E-state index contributed by atoms with van der Waals surface area (Å²) in [5.74, 6) is -1.02. The molecule has 0 fully saturated rings. The summed E-state index contributed by atoms with van der Waals surface area (Å²) in [6.45, 7) is 3.25. The Bertz CT molecular complexity index is 505. The van der Waals surface area contributed by atoms with Gasteiger partial charge in [0.05, 0.1) is 0 Å². The lowest BCUT2D eigenvalue weighted by Crippen LogP contribution is -2.56. The lowest BCUT2D eigenvalue weighted by molar-refractivity contribution is -0.143. The van der Waals surface area contributed by atoms with Crippen LogP contribution in [-0.2, 0) is 17.6 Å². The molecule has 108 valence electrons. The maximum Gasteiger partial charge on any atom is 0.329 e. The van der Waals surface area contributed by atoms with Crippen molar-refractivity contribution < 1.29 is 14.7 Å². The van der Waals surface area contributed by atoms with E-state index in [9.17, 15) is 9.59 Å². The molecule has 0 bridgehead atoms. The summed E-state index contributed by atoms with van der Waals surface area (Å²) in [4.78, 5) is 23.1. The Morgan fingerprint density at radius 3 is 2.30 bits per heavy atom. The maximum atomic E-state index is 11.9. The molecule has 20 heavy (non-hydrogen) atoms. The summed E-state index contributed by atoms with van der Waals surface area (Å²) in [6, 6.07) is 7.70. The normalized spacial score (nSPS) is 17.1. The number of rotatable bonds is 4. The fourth-order valence-corrected chi connectivity index (χ4v) is 2.43. The van der Waals surface area contributed by atoms with Crippen molar-refractivity contribution >= 4 is 12.0 Å². The minimum Gasteiger partial charge on any atom is -0.480 e. The highest BCUT2D eigenvalue weighted by atomic mass is 16.4. The minimum atomic E-state index is -1.23. The summed E-state index contributed by atoms with van der Waals surface area (Å²) in [6.07, 6.45) is 1.92. The fourth-order valence-electron chi connectivity index (χ4n) is 2.43. The number of carboxylic acids is 1. The number of amides is 2. The first-order valence-electron chi connectivity index (χ1n) is 6.83. The number of fused-ring (bicyclic) bond motifs is 1. The van der Waals surface area contributed by atoms with Gasteiger partial charge in [-0.25, -0.2) is 9.59 Å². The molecule has 1 aliphatic carbocycles. The van der Waals surface area contributed by atoms with Gasteiger partial charge < -0.3 is 15.7 Å². The molecule has 5 heteroatoms. The van der Waals surface area contributed by atoms with E-state index < -0.39 is 17.5 Å². The van der Waals surface area contributed by atoms with E-state index in [1.807, 2.05) is 12.1 Å². The maximum absolute atomic E-state index is 11.9. The average molecular weight is 276 g/mol. The average Bonchev–Trinajstić information content (AvgIpc) is 2.79. The van der Waals surface area contributed by atoms with Gasteiger partial charge in [-0.05, 0) is 37.3 Å². The Morgan fingerprint density at radius 2 is 1.85 bits per heavy atom. The number of benzene rings is 1. The minimum absolute atomic E-state index is 0.0299. The predicted octanol–water partition coefficient (Wildman–Crippen LogP) is 1.71. The Balaban J connectivity index is 1.93. The second-order valence-electron chi connectivity index (χ2n) is 5.46. The number of hydrogen-bond donors (Lipinski definition) is 3. The van der Waals surface area contributed by atoms with E-state index in [0.29, 0.717) is 6.42 Å². The van der Waals surface area contributed by atoms with Gasteiger partial charge in [-0.3, -0.25) is 0 Å². The molecule has 1 unspecified atom stereocenters. The molecule has 0 saturated heterocycles. The highest BCUT2D eigenvalue weighted by Crippen LogP contribution is 2.21. The zero-order valence-corrected chi connectivity index (χ0v) is 11.8. The van der Waals surface area contributed by atoms with E-state index in [1.54, 1.807) is 6.92 Å². The van der Waals surface area contributed by atoms with Crippen LogP contribution in [0.15, 0.2) is 24.3 Å². The summed E-state index contributed by atoms with van der Waals surface area (Å²) < 4.78 is 0. The summed E-state index contributed by atoms with van der Waals surface area (Å²) in [5, 5.41) is 14.5. The van der Waals surface area contributed by atoms with Crippen LogP contribution in [0.3, 0.4) is 0 Å². The quantitative estimate of drug-likeness (QED) is 0.783. The van der Waals surface area contributed by atoms with Crippen molar-refractivity contribution in [3.05, 3.63) is 35.4 Å². The molecular formula is C15H20N2O3. The van der Waals surface area contributed by atoms with Crippen LogP contribution >= 0.6 is 0 Å². The first-order chi connectivity index (χ1) is 9.44. The van der Waals surface area contributed by atoms with Crippen LogP contribution in [0, 0.1) is 0 Å². The number of nitrogens with one attached hydrogen (secondary N) is 2. The lowest BCUT2D eigenvalue weighted by Gasteiger charge is -2.25. The van der Waals surface area contributed by atoms with E-state index in [1.165, 1.54) is 18.1 Å². The molecular weight excluding hydrogens is 256 g/mol. The molecule has 5 nitrogen and oxygen atoms in total. The number of aliphatic carboxylic acids is 1. The third-order valence-electron chi connectivity index (χ3n) is 3.95. The molecule has 1 atom stereocenters. The van der Waals surface area contributed by atoms with E-state index in [-0.39, 0.29) is 6.04 Å². The molecule has 2 amide bonds. The van der Waals surface area contributed by atoms with Crippen LogP contribution in [0.5, 0.6) is 0 Å². The Kier molecular flexibility index (Phi) is 3.97. The van der Waals surface area contributed by atoms with E-state index >= 15 is 0 Å². The molecule has 3 N–H and O–H groups in total. The van der Waals surface area contributed by atoms with Crippen LogP contribution in [0.2, 0.25) is 0 Å². The molecule has 1 aliphatic rings. The van der Waals surface area contributed by atoms with E-state index in [4.69, 9.17) is 5.11 Å². The zero-order chi connectivity index (χ0) is 14.8. The van der Waals surface area contributed by atoms with Gasteiger partial charge in [0.2, 0.25) is 0 Å². The van der Waals surface area contributed by atoms with Crippen LogP contribution in [0.1, 0.15) is 31.4 Å². The second kappa shape index (κ2) is 5.53. The number of carboxylic acid groups (broad SMARTS) is 1. The highest BCUT2D eigenvalue weighted by Gasteiger charge is 2.33. The van der Waals surface area contributed by atoms with Gasteiger partial charge >= 0.3 is 12.0 Å². The van der Waals surface area contributed by atoms with Gasteiger partial charge in [0.25, 0.3) is 0 Å². The van der Waals surface area contributed by atoms with Crippen molar-refractivity contribution in [3.63, 3.8) is 0 Å². The van der Waals surface area contributed by atoms with Gasteiger partial charge in [-0.2, -0.15) is 0 Å². The van der Waals surface area contributed by atoms with Crippen molar-refractivity contribution in [2.24, 2.45) is 0 Å². The van der Waals surface area contributed by atoms with Crippen molar-refractivity contribution in [1.29, 1.82) is 0 Å². The third kappa shape index (κ3) is 2.92. The molecule has 2 rings (SSSR count). The Hall–Kier alpha value is -2.04. The van der Waals surface area contributed by atoms with Crippen LogP contribution in [0.25, 0.3) is 0 Å². The zero-order valence-electron chi connectivity index (χ0n) is 11.8. The monoisotopic (exact) mass is 276 g/mol. The largest absolute Gasteiger partial charge is 0.480 e. The number of carbonyl (C=O) groups excluding carboxylic acids is 1. The molecule has 0 aromatic heterocycles. The van der Waals surface area contributed by atoms with Gasteiger partial charge in [-0.1, -0.05) is 31.2 Å². The Morgan fingerprint density at radius 1 is 1.30 bits per heavy atom. The first kappa shape index (κ1) is 14.4. The van der Waals surface area contributed by atoms with Crippen molar-refractivity contribution in [2.75, 3.05) is 0 Å². The summed E-state index contributed by atoms with van der Waals surface area (Å²) >= 11 is 0. The molecule has 1 aromatic carbocycles. The number of urea groups is 1. The standard InChI is InChI=1S/C15H20N2O3/c1-3-15(2,13(18)19)17-14(20)16-12-8-10-6-4-5-7-11(10)9-12/h4-7,12H,3,8-9H2,1-2H3,(H,18,19)(H2,16,17,20). The van der Waals surface area contributed by atoms with Crippen molar-refractivity contribution in [1.82, 2.24) is 10.6 Å². The van der Waals surface area contributed by atoms with Crippen LogP contribution < -0.4 is 10.6 Å². The van der Waals surface area contributed by atoms with Gasteiger partial charge in [0.1, 0.15) is 5.54 Å². The summed E-state index contributed by atoms with van der Waals surface area (Å²) in [7, 11) is 0. The molecule has 0 saturated carbocycles. The topological polar surface area (TPSA) is 78.4 Å². The van der Waals surface area contributed by atoms with E-state index in [2.05, 4.69) is 22.8 Å². The molecule has 1 aromatic rings. The van der Waals surface area contributed by atoms with Gasteiger partial charge in [0, 0.05) is 6.04 Å². The van der Waals surface area contributed by atoms with Crippen LogP contribution in [0.4, 0.5) is 4.79 Å². The van der Waals surface area contributed by atoms with Crippen molar-refractivity contribution in [2.45, 2.75) is 44.7 Å². The van der Waals surface area contributed by atoms with Crippen molar-refractivity contribution in [3.8, 4) is 0 Å². The molecule has 0 radical (unpaired) electrons. The van der Waals surface area contributed by atoms with Gasteiger partial charge in [0.15, 0.2) is 0 Å². The molecule has 0 aliphatic heterocycles. The van der Waals surface area contributed by atoms with Crippen LogP contribution in [-0.4, -0.2) is 28.7 Å². The first-order valence-corrected chi connectivity index (χ1v) is 6.83. The van der Waals surface area contributed by atoms with E-state index in [0.717, 1.165) is 12.8 Å². The second-order valence-corrected chi connectivity index (χ2v) is 5.46. The fraction of sp³-hybridized carbons (Fsp3) is 0.467. The third-order valence-corrected chi connectivity index (χ3v) is 3.95. The van der Waals surface area contributed by atoms with Gasteiger partial charge in [-0.15, -0.1) is 0 Å². The Labute approximate surface area is 118 Å². The highest BCUT2D eigenvalue weighted by molar-refractivity contribution is 5.85. The number of hydrogen-bond acceptors (Lipinski definition) is 2. The molecule has 0 heterocycles. The molecule has 0 spiro atoms. The summed E-state index contributed by atoms with van der Waals surface area (Å²) in [5.41, 5.74) is 1.26. The number of carbonyl (C=O) groups is 2.